The minimum atomic E-state index is -0.461. The second-order valence-electron chi connectivity index (χ2n) is 5.62. The van der Waals surface area contributed by atoms with Crippen LogP contribution < -0.4 is 0 Å². The summed E-state index contributed by atoms with van der Waals surface area (Å²) in [5, 5.41) is 0.553. The molecule has 0 aliphatic heterocycles. The van der Waals surface area contributed by atoms with Gasteiger partial charge < -0.3 is 9.30 Å². The van der Waals surface area contributed by atoms with Crippen LogP contribution in [0.3, 0.4) is 0 Å². The standard InChI is InChI=1S/C20H17ClN2O3.ClH/c1-2-26-20(25)15-11-18(19(24)14-6-8-16(21)9-7-14)23(12-15)13-17-5-3-4-10-22-17;/h3-12H,2,13H2,1H3;1H. The average Bonchev–Trinajstić information content (AvgIpc) is 3.07. The Balaban J connectivity index is 0.00000261. The maximum Gasteiger partial charge on any atom is 0.339 e. The normalized spacial score (nSPS) is 10.1. The molecule has 1 aromatic carbocycles. The summed E-state index contributed by atoms with van der Waals surface area (Å²) < 4.78 is 6.76. The summed E-state index contributed by atoms with van der Waals surface area (Å²) in [4.78, 5) is 29.3. The summed E-state index contributed by atoms with van der Waals surface area (Å²) in [6.07, 6.45) is 3.31. The van der Waals surface area contributed by atoms with Crippen molar-refractivity contribution >= 4 is 35.8 Å². The zero-order valence-electron chi connectivity index (χ0n) is 14.6. The number of carbonyl (C=O) groups is 2. The number of nitrogens with zero attached hydrogens (tertiary/aromatic N) is 2. The number of pyridine rings is 1. The van der Waals surface area contributed by atoms with E-state index in [-0.39, 0.29) is 24.8 Å². The fourth-order valence-corrected chi connectivity index (χ4v) is 2.70. The molecule has 0 aliphatic rings. The monoisotopic (exact) mass is 404 g/mol. The molecule has 0 saturated heterocycles. The fourth-order valence-electron chi connectivity index (χ4n) is 2.57. The number of halogens is 2. The smallest absolute Gasteiger partial charge is 0.339 e. The van der Waals surface area contributed by atoms with Gasteiger partial charge in [0.25, 0.3) is 0 Å². The molecule has 0 radical (unpaired) electrons. The highest BCUT2D eigenvalue weighted by atomic mass is 35.5. The minimum absolute atomic E-state index is 0. The molecule has 0 aliphatic carbocycles. The van der Waals surface area contributed by atoms with Crippen LogP contribution in [-0.2, 0) is 11.3 Å². The molecule has 5 nitrogen and oxygen atoms in total. The fraction of sp³-hybridized carbons (Fsp3) is 0.150. The Hall–Kier alpha value is -2.63. The largest absolute Gasteiger partial charge is 0.462 e. The summed E-state index contributed by atoms with van der Waals surface area (Å²) in [5.41, 5.74) is 2.00. The van der Waals surface area contributed by atoms with Crippen LogP contribution in [0.2, 0.25) is 5.02 Å². The van der Waals surface area contributed by atoms with Crippen molar-refractivity contribution in [2.75, 3.05) is 6.61 Å². The molecule has 0 unspecified atom stereocenters. The van der Waals surface area contributed by atoms with E-state index in [0.717, 1.165) is 5.69 Å². The van der Waals surface area contributed by atoms with Gasteiger partial charge in [-0.05, 0) is 49.4 Å². The quantitative estimate of drug-likeness (QED) is 0.450. The second kappa shape index (κ2) is 9.35. The van der Waals surface area contributed by atoms with Gasteiger partial charge in [-0.1, -0.05) is 17.7 Å². The molecule has 0 fully saturated rings. The first-order valence-electron chi connectivity index (χ1n) is 8.16. The van der Waals surface area contributed by atoms with Crippen LogP contribution in [0.4, 0.5) is 0 Å². The third kappa shape index (κ3) is 4.96. The van der Waals surface area contributed by atoms with Gasteiger partial charge in [0.2, 0.25) is 5.78 Å². The van der Waals surface area contributed by atoms with Gasteiger partial charge in [0.15, 0.2) is 0 Å². The highest BCUT2D eigenvalue weighted by Crippen LogP contribution is 2.18. The van der Waals surface area contributed by atoms with Crippen LogP contribution in [0.15, 0.2) is 60.9 Å². The van der Waals surface area contributed by atoms with Crippen LogP contribution in [0.1, 0.15) is 39.0 Å². The Bertz CT molecular complexity index is 922. The number of carbonyl (C=O) groups excluding carboxylic acids is 2. The van der Waals surface area contributed by atoms with Gasteiger partial charge in [-0.2, -0.15) is 0 Å². The number of aromatic nitrogens is 2. The number of benzene rings is 1. The SMILES string of the molecule is CCOC(=O)c1cc(C(=O)c2ccc(Cl)cc2)n(Cc2ccccn2)c1.Cl. The lowest BCUT2D eigenvalue weighted by Crippen LogP contribution is -2.11. The zero-order chi connectivity index (χ0) is 18.5. The van der Waals surface area contributed by atoms with Crippen LogP contribution in [-0.4, -0.2) is 27.9 Å². The molecule has 3 rings (SSSR count). The topological polar surface area (TPSA) is 61.2 Å². The van der Waals surface area contributed by atoms with E-state index in [4.69, 9.17) is 16.3 Å². The van der Waals surface area contributed by atoms with Gasteiger partial charge in [-0.25, -0.2) is 4.79 Å². The first kappa shape index (κ1) is 20.7. The van der Waals surface area contributed by atoms with Crippen molar-refractivity contribution in [1.82, 2.24) is 9.55 Å². The molecular weight excluding hydrogens is 387 g/mol. The van der Waals surface area contributed by atoms with Crippen LogP contribution in [0.5, 0.6) is 0 Å². The van der Waals surface area contributed by atoms with Crippen molar-refractivity contribution in [1.29, 1.82) is 0 Å². The summed E-state index contributed by atoms with van der Waals surface area (Å²) in [5.74, 6) is -0.662. The number of hydrogen-bond acceptors (Lipinski definition) is 4. The average molecular weight is 405 g/mol. The summed E-state index contributed by atoms with van der Waals surface area (Å²) in [7, 11) is 0. The first-order valence-corrected chi connectivity index (χ1v) is 8.53. The lowest BCUT2D eigenvalue weighted by molar-refractivity contribution is 0.0526. The highest BCUT2D eigenvalue weighted by molar-refractivity contribution is 6.30. The molecule has 0 N–H and O–H groups in total. The van der Waals surface area contributed by atoms with Crippen molar-refractivity contribution in [3.05, 3.63) is 88.5 Å². The van der Waals surface area contributed by atoms with Gasteiger partial charge in [0.1, 0.15) is 0 Å². The van der Waals surface area contributed by atoms with Crippen LogP contribution in [0, 0.1) is 0 Å². The molecule has 7 heteroatoms. The molecule has 2 aromatic heterocycles. The van der Waals surface area contributed by atoms with E-state index in [1.165, 1.54) is 0 Å². The molecule has 27 heavy (non-hydrogen) atoms. The Labute approximate surface area is 168 Å². The lowest BCUT2D eigenvalue weighted by Gasteiger charge is -2.08. The number of ether oxygens (including phenoxy) is 1. The lowest BCUT2D eigenvalue weighted by atomic mass is 10.1. The molecule has 0 spiro atoms. The molecule has 0 amide bonds. The van der Waals surface area contributed by atoms with Crippen LogP contribution in [0.25, 0.3) is 0 Å². The number of hydrogen-bond donors (Lipinski definition) is 0. The summed E-state index contributed by atoms with van der Waals surface area (Å²) in [6, 6.07) is 13.7. The Morgan fingerprint density at radius 1 is 1.11 bits per heavy atom. The number of ketones is 1. The zero-order valence-corrected chi connectivity index (χ0v) is 16.2. The maximum absolute atomic E-state index is 12.9. The van der Waals surface area contributed by atoms with E-state index in [1.807, 2.05) is 18.2 Å². The van der Waals surface area contributed by atoms with Gasteiger partial charge in [-0.15, -0.1) is 12.4 Å². The number of esters is 1. The van der Waals surface area contributed by atoms with Crippen LogP contribution >= 0.6 is 24.0 Å². The van der Waals surface area contributed by atoms with E-state index < -0.39 is 5.97 Å². The van der Waals surface area contributed by atoms with E-state index >= 15 is 0 Å². The minimum Gasteiger partial charge on any atom is -0.462 e. The van der Waals surface area contributed by atoms with Crippen molar-refractivity contribution in [3.63, 3.8) is 0 Å². The predicted molar refractivity (Wildman–Crippen MR) is 106 cm³/mol. The van der Waals surface area contributed by atoms with E-state index in [9.17, 15) is 9.59 Å². The van der Waals surface area contributed by atoms with Crippen molar-refractivity contribution in [2.24, 2.45) is 0 Å². The molecule has 140 valence electrons. The summed E-state index contributed by atoms with van der Waals surface area (Å²) >= 11 is 5.90. The van der Waals surface area contributed by atoms with Crippen molar-refractivity contribution < 1.29 is 14.3 Å². The Morgan fingerprint density at radius 3 is 2.48 bits per heavy atom. The van der Waals surface area contributed by atoms with Gasteiger partial charge in [0, 0.05) is 23.0 Å². The van der Waals surface area contributed by atoms with Gasteiger partial charge >= 0.3 is 5.97 Å². The maximum atomic E-state index is 12.9. The third-order valence-electron chi connectivity index (χ3n) is 3.81. The molecule has 2 heterocycles. The van der Waals surface area contributed by atoms with Crippen molar-refractivity contribution in [2.45, 2.75) is 13.5 Å². The third-order valence-corrected chi connectivity index (χ3v) is 4.06. The molecule has 0 bridgehead atoms. The molecule has 3 aromatic rings. The summed E-state index contributed by atoms with van der Waals surface area (Å²) in [6.45, 7) is 2.38. The molecular formula is C20H18Cl2N2O3. The van der Waals surface area contributed by atoms with Crippen molar-refractivity contribution in [3.8, 4) is 0 Å². The predicted octanol–water partition coefficient (Wildman–Crippen LogP) is 4.41. The van der Waals surface area contributed by atoms with Gasteiger partial charge in [0.05, 0.1) is 30.1 Å². The first-order chi connectivity index (χ1) is 12.6. The van der Waals surface area contributed by atoms with Gasteiger partial charge in [-0.3, -0.25) is 9.78 Å². The molecule has 0 saturated carbocycles. The Morgan fingerprint density at radius 2 is 1.85 bits per heavy atom. The highest BCUT2D eigenvalue weighted by Gasteiger charge is 2.19. The second-order valence-corrected chi connectivity index (χ2v) is 6.06. The molecule has 0 atom stereocenters. The van der Waals surface area contributed by atoms with E-state index in [1.54, 1.807) is 54.2 Å². The number of rotatable bonds is 6. The van der Waals surface area contributed by atoms with E-state index in [0.29, 0.717) is 28.4 Å². The Kier molecular flexibility index (Phi) is 7.16. The van der Waals surface area contributed by atoms with E-state index in [2.05, 4.69) is 4.98 Å².